The topological polar surface area (TPSA) is 37.3 Å². The van der Waals surface area contributed by atoms with Gasteiger partial charge < -0.3 is 5.11 Å². The van der Waals surface area contributed by atoms with Gasteiger partial charge in [0.05, 0.1) is 0 Å². The molecule has 0 aromatic rings. The fraction of sp³-hybridized carbons (Fsp3) is 0.857. The molecule has 0 rings (SSSR count). The second-order valence-electron chi connectivity index (χ2n) is 2.20. The van der Waals surface area contributed by atoms with E-state index in [-0.39, 0.29) is 29.6 Å². The SMILES string of the molecule is CCCCCC[14C](=O)O.[Na]. The van der Waals surface area contributed by atoms with Crippen molar-refractivity contribution in [3.8, 4) is 0 Å². The van der Waals surface area contributed by atoms with Gasteiger partial charge in [-0.25, -0.2) is 0 Å². The van der Waals surface area contributed by atoms with Gasteiger partial charge in [-0.15, -0.1) is 0 Å². The average molecular weight is 155 g/mol. The molecule has 0 aromatic carbocycles. The molecule has 0 heterocycles. The number of rotatable bonds is 5. The van der Waals surface area contributed by atoms with Gasteiger partial charge in [-0.2, -0.15) is 0 Å². The standard InChI is InChI=1S/C7H14O2.Na/c1-2-3-4-5-6-7(8)9;/h2-6H2,1H3,(H,8,9);/i7+2;. The molecule has 10 heavy (non-hydrogen) atoms. The summed E-state index contributed by atoms with van der Waals surface area (Å²) in [5.74, 6) is -0.675. The summed E-state index contributed by atoms with van der Waals surface area (Å²) in [4.78, 5) is 9.96. The van der Waals surface area contributed by atoms with Crippen LogP contribution in [0.4, 0.5) is 0 Å². The van der Waals surface area contributed by atoms with E-state index >= 15 is 0 Å². The molecule has 0 bridgehead atoms. The minimum absolute atomic E-state index is 0. The van der Waals surface area contributed by atoms with E-state index in [9.17, 15) is 4.79 Å². The largest absolute Gasteiger partial charge is 0.481 e. The number of carboxylic acid groups (broad SMARTS) is 1. The van der Waals surface area contributed by atoms with Crippen LogP contribution in [0.3, 0.4) is 0 Å². The summed E-state index contributed by atoms with van der Waals surface area (Å²) in [6.07, 6.45) is 4.55. The van der Waals surface area contributed by atoms with E-state index in [0.717, 1.165) is 19.3 Å². The zero-order valence-corrected chi connectivity index (χ0v) is 8.89. The van der Waals surface area contributed by atoms with Crippen molar-refractivity contribution in [1.29, 1.82) is 0 Å². The fourth-order valence-corrected chi connectivity index (χ4v) is 0.703. The van der Waals surface area contributed by atoms with Gasteiger partial charge in [0.2, 0.25) is 0 Å². The van der Waals surface area contributed by atoms with Crippen LogP contribution in [0.5, 0.6) is 0 Å². The Kier molecular flexibility index (Phi) is 12.4. The fourth-order valence-electron chi connectivity index (χ4n) is 0.703. The summed E-state index contributed by atoms with van der Waals surface area (Å²) in [6, 6.07) is 0. The molecule has 1 radical (unpaired) electrons. The van der Waals surface area contributed by atoms with Crippen LogP contribution in [0.2, 0.25) is 0 Å². The average Bonchev–Trinajstić information content (AvgIpc) is 1.80. The van der Waals surface area contributed by atoms with Crippen molar-refractivity contribution in [3.05, 3.63) is 0 Å². The molecule has 0 unspecified atom stereocenters. The maximum absolute atomic E-state index is 9.96. The molecular weight excluding hydrogens is 141 g/mol. The Labute approximate surface area is 84.3 Å². The van der Waals surface area contributed by atoms with Crippen LogP contribution in [0, 0.1) is 0 Å². The maximum Gasteiger partial charge on any atom is 0.303 e. The molecular formula is C7H14NaO2. The molecule has 0 aliphatic rings. The molecule has 2 nitrogen and oxygen atoms in total. The number of unbranched alkanes of at least 4 members (excludes halogenated alkanes) is 3. The Hall–Kier alpha value is 0.470. The predicted octanol–water partition coefficient (Wildman–Crippen LogP) is 1.66. The summed E-state index contributed by atoms with van der Waals surface area (Å²) in [5.41, 5.74) is 0. The molecule has 0 saturated heterocycles. The predicted molar refractivity (Wildman–Crippen MR) is 42.1 cm³/mol. The van der Waals surface area contributed by atoms with Crippen LogP contribution >= 0.6 is 0 Å². The zero-order valence-electron chi connectivity index (χ0n) is 6.89. The summed E-state index contributed by atoms with van der Waals surface area (Å²) in [7, 11) is 0. The first-order valence-electron chi connectivity index (χ1n) is 3.49. The van der Waals surface area contributed by atoms with Crippen molar-refractivity contribution in [2.75, 3.05) is 0 Å². The van der Waals surface area contributed by atoms with Gasteiger partial charge in [0.25, 0.3) is 0 Å². The minimum atomic E-state index is -0.675. The summed E-state index contributed by atoms with van der Waals surface area (Å²) >= 11 is 0. The first-order valence-corrected chi connectivity index (χ1v) is 3.49. The van der Waals surface area contributed by atoms with E-state index in [1.807, 2.05) is 0 Å². The molecule has 0 aliphatic carbocycles. The van der Waals surface area contributed by atoms with Gasteiger partial charge in [-0.3, -0.25) is 4.79 Å². The number of carbonyl (C=O) groups is 1. The van der Waals surface area contributed by atoms with Gasteiger partial charge in [0.1, 0.15) is 0 Å². The first kappa shape index (κ1) is 13.1. The van der Waals surface area contributed by atoms with Crippen LogP contribution < -0.4 is 0 Å². The molecule has 0 atom stereocenters. The molecule has 3 heteroatoms. The van der Waals surface area contributed by atoms with Gasteiger partial charge in [-0.1, -0.05) is 26.2 Å². The van der Waals surface area contributed by atoms with E-state index < -0.39 is 5.97 Å². The third-order valence-corrected chi connectivity index (χ3v) is 1.24. The number of hydrogen-bond donors (Lipinski definition) is 1. The van der Waals surface area contributed by atoms with Crippen molar-refractivity contribution in [3.63, 3.8) is 0 Å². The van der Waals surface area contributed by atoms with Crippen LogP contribution in [-0.2, 0) is 4.79 Å². The van der Waals surface area contributed by atoms with Crippen molar-refractivity contribution in [2.24, 2.45) is 0 Å². The Morgan fingerprint density at radius 1 is 1.30 bits per heavy atom. The van der Waals surface area contributed by atoms with Crippen LogP contribution in [0.15, 0.2) is 0 Å². The Balaban J connectivity index is 0. The van der Waals surface area contributed by atoms with E-state index in [2.05, 4.69) is 6.92 Å². The van der Waals surface area contributed by atoms with Gasteiger partial charge in [0.15, 0.2) is 0 Å². The summed E-state index contributed by atoms with van der Waals surface area (Å²) in [6.45, 7) is 2.11. The Morgan fingerprint density at radius 3 is 2.30 bits per heavy atom. The zero-order chi connectivity index (χ0) is 7.11. The molecule has 0 fully saturated rings. The summed E-state index contributed by atoms with van der Waals surface area (Å²) in [5, 5.41) is 8.21. The van der Waals surface area contributed by atoms with Crippen molar-refractivity contribution in [1.82, 2.24) is 0 Å². The number of carboxylic acids is 1. The van der Waals surface area contributed by atoms with Gasteiger partial charge in [0, 0.05) is 36.0 Å². The van der Waals surface area contributed by atoms with E-state index in [1.54, 1.807) is 0 Å². The second kappa shape index (κ2) is 9.47. The van der Waals surface area contributed by atoms with Crippen molar-refractivity contribution in [2.45, 2.75) is 39.0 Å². The summed E-state index contributed by atoms with van der Waals surface area (Å²) < 4.78 is 0. The molecule has 0 amide bonds. The quantitative estimate of drug-likeness (QED) is 0.484. The Morgan fingerprint density at radius 2 is 1.90 bits per heavy atom. The van der Waals surface area contributed by atoms with Crippen LogP contribution in [0.25, 0.3) is 0 Å². The van der Waals surface area contributed by atoms with Crippen molar-refractivity contribution < 1.29 is 9.90 Å². The molecule has 0 saturated carbocycles. The molecule has 55 valence electrons. The van der Waals surface area contributed by atoms with Gasteiger partial charge >= 0.3 is 5.97 Å². The third kappa shape index (κ3) is 11.3. The third-order valence-electron chi connectivity index (χ3n) is 1.24. The smallest absolute Gasteiger partial charge is 0.303 e. The first-order chi connectivity index (χ1) is 4.27. The van der Waals surface area contributed by atoms with Crippen LogP contribution in [0.1, 0.15) is 39.0 Å². The minimum Gasteiger partial charge on any atom is -0.481 e. The molecule has 1 N–H and O–H groups in total. The van der Waals surface area contributed by atoms with E-state index in [0.29, 0.717) is 6.42 Å². The van der Waals surface area contributed by atoms with Crippen LogP contribution in [-0.4, -0.2) is 40.6 Å². The molecule has 0 spiro atoms. The Bertz CT molecular complexity index is 83.7. The molecule has 0 aromatic heterocycles. The van der Waals surface area contributed by atoms with Crippen molar-refractivity contribution >= 4 is 35.5 Å². The van der Waals surface area contributed by atoms with E-state index in [1.165, 1.54) is 6.42 Å². The van der Waals surface area contributed by atoms with Gasteiger partial charge in [-0.05, 0) is 6.42 Å². The van der Waals surface area contributed by atoms with E-state index in [4.69, 9.17) is 5.11 Å². The normalized spacial score (nSPS) is 8.50. The molecule has 0 aliphatic heterocycles. The maximum atomic E-state index is 9.96. The number of hydrogen-bond acceptors (Lipinski definition) is 1. The second-order valence-corrected chi connectivity index (χ2v) is 2.20. The number of aliphatic carboxylic acids is 1. The monoisotopic (exact) mass is 155 g/mol.